The molecule has 45 heavy (non-hydrogen) atoms. The number of ether oxygens (including phenoxy) is 3. The van der Waals surface area contributed by atoms with Gasteiger partial charge in [-0.05, 0) is 80.9 Å². The van der Waals surface area contributed by atoms with Crippen molar-refractivity contribution in [3.63, 3.8) is 0 Å². The molecule has 0 aliphatic heterocycles. The summed E-state index contributed by atoms with van der Waals surface area (Å²) in [5, 5.41) is 5.89. The van der Waals surface area contributed by atoms with E-state index in [4.69, 9.17) is 14.2 Å². The van der Waals surface area contributed by atoms with Gasteiger partial charge in [-0.3, -0.25) is 14.6 Å². The maximum absolute atomic E-state index is 15.2. The van der Waals surface area contributed by atoms with Crippen LogP contribution in [0.25, 0.3) is 10.9 Å². The molecule has 236 valence electrons. The Morgan fingerprint density at radius 1 is 0.867 bits per heavy atom. The van der Waals surface area contributed by atoms with Crippen LogP contribution in [0.3, 0.4) is 0 Å². The number of hydrogen-bond donors (Lipinski definition) is 2. The lowest BCUT2D eigenvalue weighted by atomic mass is 10.0. The Bertz CT molecular complexity index is 1670. The highest BCUT2D eigenvalue weighted by Crippen LogP contribution is 2.47. The lowest BCUT2D eigenvalue weighted by Crippen LogP contribution is -2.35. The third-order valence-corrected chi connectivity index (χ3v) is 7.89. The summed E-state index contributed by atoms with van der Waals surface area (Å²) in [4.78, 5) is 32.6. The quantitative estimate of drug-likeness (QED) is 0.119. The van der Waals surface area contributed by atoms with Crippen LogP contribution in [0.5, 0.6) is 23.0 Å². The second kappa shape index (κ2) is 13.9. The Morgan fingerprint density at radius 3 is 2.20 bits per heavy atom. The minimum atomic E-state index is -1.27. The van der Waals surface area contributed by atoms with Crippen LogP contribution in [0.1, 0.15) is 33.1 Å². The third-order valence-electron chi connectivity index (χ3n) is 7.89. The van der Waals surface area contributed by atoms with Crippen LogP contribution >= 0.6 is 0 Å². The van der Waals surface area contributed by atoms with E-state index < -0.39 is 28.9 Å². The van der Waals surface area contributed by atoms with E-state index in [9.17, 15) is 14.0 Å². The van der Waals surface area contributed by atoms with E-state index in [2.05, 4.69) is 34.4 Å². The number of benzene rings is 3. The number of methoxy groups -OCH3 is 1. The molecule has 9 nitrogen and oxygen atoms in total. The number of hydrogen-bond acceptors (Lipinski definition) is 7. The summed E-state index contributed by atoms with van der Waals surface area (Å²) < 4.78 is 45.9. The molecule has 2 amide bonds. The molecule has 1 aliphatic carbocycles. The van der Waals surface area contributed by atoms with Crippen LogP contribution in [0.15, 0.2) is 66.9 Å². The number of anilines is 2. The van der Waals surface area contributed by atoms with Crippen molar-refractivity contribution < 1.29 is 32.6 Å². The van der Waals surface area contributed by atoms with Gasteiger partial charge >= 0.3 is 0 Å². The van der Waals surface area contributed by atoms with Crippen LogP contribution < -0.4 is 24.8 Å². The van der Waals surface area contributed by atoms with Crippen LogP contribution in [-0.2, 0) is 9.59 Å². The lowest BCUT2D eigenvalue weighted by molar-refractivity contribution is -0.131. The molecular weight excluding hydrogens is 582 g/mol. The monoisotopic (exact) mass is 618 g/mol. The fraction of sp³-hybridized carbons (Fsp3) is 0.324. The van der Waals surface area contributed by atoms with Gasteiger partial charge in [0.05, 0.1) is 19.2 Å². The first kappa shape index (κ1) is 31.6. The van der Waals surface area contributed by atoms with Gasteiger partial charge in [0.25, 0.3) is 0 Å². The minimum absolute atomic E-state index is 0.0635. The fourth-order valence-corrected chi connectivity index (χ4v) is 5.00. The van der Waals surface area contributed by atoms with Crippen LogP contribution in [-0.4, -0.2) is 55.0 Å². The van der Waals surface area contributed by atoms with Crippen LogP contribution in [0.2, 0.25) is 0 Å². The number of pyridine rings is 1. The average molecular weight is 619 g/mol. The molecule has 4 aromatic rings. The normalized spacial score (nSPS) is 13.4. The number of carbonyl (C=O) groups is 2. The van der Waals surface area contributed by atoms with Crippen molar-refractivity contribution in [2.24, 2.45) is 5.41 Å². The van der Waals surface area contributed by atoms with Crippen molar-refractivity contribution in [1.29, 1.82) is 0 Å². The molecule has 0 bridgehead atoms. The molecule has 1 saturated carbocycles. The van der Waals surface area contributed by atoms with Crippen molar-refractivity contribution in [1.82, 2.24) is 9.88 Å². The highest BCUT2D eigenvalue weighted by Gasteiger charge is 2.56. The van der Waals surface area contributed by atoms with E-state index in [1.165, 1.54) is 36.4 Å². The van der Waals surface area contributed by atoms with E-state index in [1.807, 2.05) is 0 Å². The zero-order chi connectivity index (χ0) is 32.0. The van der Waals surface area contributed by atoms with Crippen molar-refractivity contribution in [3.8, 4) is 23.0 Å². The maximum atomic E-state index is 15.2. The summed E-state index contributed by atoms with van der Waals surface area (Å²) in [6.07, 6.45) is 3.11. The molecule has 0 spiro atoms. The Labute approximate surface area is 260 Å². The van der Waals surface area contributed by atoms with Gasteiger partial charge in [0.2, 0.25) is 11.8 Å². The largest absolute Gasteiger partial charge is 0.493 e. The number of carbonyl (C=O) groups excluding carboxylic acids is 2. The maximum Gasteiger partial charge on any atom is 0.240 e. The van der Waals surface area contributed by atoms with Crippen molar-refractivity contribution in [2.75, 3.05) is 44.0 Å². The summed E-state index contributed by atoms with van der Waals surface area (Å²) in [6, 6.07) is 14.4. The van der Waals surface area contributed by atoms with Gasteiger partial charge in [0.15, 0.2) is 23.1 Å². The van der Waals surface area contributed by atoms with Crippen LogP contribution in [0.4, 0.5) is 20.2 Å². The standard InChI is InChI=1S/C34H36F2N4O5/c1-4-40(5-2)17-6-18-44-31-21-27-25(20-30(31)43-3)28(13-16-37-27)45-29-12-11-24(19-26(29)36)39-33(42)34(14-15-34)32(41)38-23-9-7-22(35)8-10-23/h7-13,16,19-21H,4-6,14-15,17-18H2,1-3H3,(H,38,41)(H,39,42). The molecule has 5 rings (SSSR count). The number of fused-ring (bicyclic) bond motifs is 1. The van der Waals surface area contributed by atoms with Gasteiger partial charge in [0, 0.05) is 41.6 Å². The van der Waals surface area contributed by atoms with E-state index in [-0.39, 0.29) is 11.4 Å². The molecule has 1 fully saturated rings. The zero-order valence-electron chi connectivity index (χ0n) is 25.5. The second-order valence-corrected chi connectivity index (χ2v) is 10.8. The Hall–Kier alpha value is -4.77. The number of halogens is 2. The Morgan fingerprint density at radius 2 is 1.56 bits per heavy atom. The molecule has 0 radical (unpaired) electrons. The SMILES string of the molecule is CCN(CC)CCCOc1cc2nccc(Oc3ccc(NC(=O)C4(C(=O)Nc5ccc(F)cc5)CC4)cc3F)c2cc1OC. The van der Waals surface area contributed by atoms with E-state index in [1.54, 1.807) is 31.5 Å². The predicted octanol–water partition coefficient (Wildman–Crippen LogP) is 6.78. The summed E-state index contributed by atoms with van der Waals surface area (Å²) in [5.41, 5.74) is -0.133. The molecule has 2 N–H and O–H groups in total. The Balaban J connectivity index is 1.25. The average Bonchev–Trinajstić information content (AvgIpc) is 3.86. The third kappa shape index (κ3) is 7.31. The van der Waals surface area contributed by atoms with Gasteiger partial charge in [0.1, 0.15) is 17.0 Å². The predicted molar refractivity (Wildman–Crippen MR) is 168 cm³/mol. The van der Waals surface area contributed by atoms with Gasteiger partial charge in [-0.2, -0.15) is 0 Å². The van der Waals surface area contributed by atoms with Gasteiger partial charge in [-0.1, -0.05) is 13.8 Å². The first-order valence-electron chi connectivity index (χ1n) is 14.9. The first-order valence-corrected chi connectivity index (χ1v) is 14.9. The van der Waals surface area contributed by atoms with E-state index >= 15 is 4.39 Å². The summed E-state index contributed by atoms with van der Waals surface area (Å²) >= 11 is 0. The zero-order valence-corrected chi connectivity index (χ0v) is 25.5. The van der Waals surface area contributed by atoms with Crippen molar-refractivity contribution in [2.45, 2.75) is 33.1 Å². The molecule has 0 unspecified atom stereocenters. The lowest BCUT2D eigenvalue weighted by Gasteiger charge is -2.18. The summed E-state index contributed by atoms with van der Waals surface area (Å²) in [7, 11) is 1.55. The second-order valence-electron chi connectivity index (χ2n) is 10.8. The molecule has 11 heteroatoms. The number of rotatable bonds is 14. The summed E-state index contributed by atoms with van der Waals surface area (Å²) in [6.45, 7) is 7.68. The molecule has 3 aromatic carbocycles. The number of amides is 2. The molecule has 0 atom stereocenters. The van der Waals surface area contributed by atoms with Crippen molar-refractivity contribution in [3.05, 3.63) is 78.5 Å². The van der Waals surface area contributed by atoms with Gasteiger partial charge in [-0.25, -0.2) is 8.78 Å². The van der Waals surface area contributed by atoms with Gasteiger partial charge < -0.3 is 29.7 Å². The van der Waals surface area contributed by atoms with E-state index in [0.717, 1.165) is 32.1 Å². The van der Waals surface area contributed by atoms with Gasteiger partial charge in [-0.15, -0.1) is 0 Å². The molecule has 0 saturated heterocycles. The molecule has 1 heterocycles. The highest BCUT2D eigenvalue weighted by atomic mass is 19.1. The fourth-order valence-electron chi connectivity index (χ4n) is 5.00. The number of nitrogens with zero attached hydrogens (tertiary/aromatic N) is 2. The number of aromatic nitrogens is 1. The first-order chi connectivity index (χ1) is 21.8. The van der Waals surface area contributed by atoms with E-state index in [0.29, 0.717) is 53.3 Å². The van der Waals surface area contributed by atoms with Crippen molar-refractivity contribution >= 4 is 34.1 Å². The molecule has 1 aromatic heterocycles. The minimum Gasteiger partial charge on any atom is -0.493 e. The number of nitrogens with one attached hydrogen (secondary N) is 2. The smallest absolute Gasteiger partial charge is 0.240 e. The summed E-state index contributed by atoms with van der Waals surface area (Å²) in [5.74, 6) is -0.844. The molecule has 1 aliphatic rings. The Kier molecular flexibility index (Phi) is 9.77. The molecular formula is C34H36F2N4O5. The highest BCUT2D eigenvalue weighted by molar-refractivity contribution is 6.16. The topological polar surface area (TPSA) is 102 Å². The van der Waals surface area contributed by atoms with Crippen LogP contribution in [0, 0.1) is 17.0 Å².